The molecule has 0 bridgehead atoms. The first-order chi connectivity index (χ1) is 12.4. The highest BCUT2D eigenvalue weighted by Crippen LogP contribution is 2.48. The van der Waals surface area contributed by atoms with Gasteiger partial charge < -0.3 is 15.8 Å². The maximum atomic E-state index is 13.7. The van der Waals surface area contributed by atoms with Crippen LogP contribution in [-0.2, 0) is 4.74 Å². The molecule has 2 fully saturated rings. The van der Waals surface area contributed by atoms with Gasteiger partial charge in [-0.25, -0.2) is 0 Å². The third-order valence-electron chi connectivity index (χ3n) is 5.83. The second-order valence-corrected chi connectivity index (χ2v) is 7.58. The summed E-state index contributed by atoms with van der Waals surface area (Å²) in [6.07, 6.45) is -4.02. The molecular formula is C19H28F3N3O. The van der Waals surface area contributed by atoms with Crippen molar-refractivity contribution in [2.45, 2.75) is 43.6 Å². The number of halogens is 3. The average molecular weight is 371 g/mol. The predicted octanol–water partition coefficient (Wildman–Crippen LogP) is 2.71. The fourth-order valence-corrected chi connectivity index (χ4v) is 4.21. The lowest BCUT2D eigenvalue weighted by atomic mass is 9.78. The van der Waals surface area contributed by atoms with E-state index < -0.39 is 12.4 Å². The molecule has 0 spiro atoms. The molecular weight excluding hydrogens is 343 g/mol. The van der Waals surface area contributed by atoms with Crippen LogP contribution in [0.15, 0.2) is 30.3 Å². The molecule has 1 saturated carbocycles. The number of methoxy groups -OCH3 is 1. The van der Waals surface area contributed by atoms with E-state index in [9.17, 15) is 13.2 Å². The highest BCUT2D eigenvalue weighted by molar-refractivity contribution is 5.28. The van der Waals surface area contributed by atoms with E-state index in [0.29, 0.717) is 13.1 Å². The predicted molar refractivity (Wildman–Crippen MR) is 94.7 cm³/mol. The van der Waals surface area contributed by atoms with Crippen molar-refractivity contribution in [3.63, 3.8) is 0 Å². The molecule has 3 atom stereocenters. The Balaban J connectivity index is 1.83. The first kappa shape index (κ1) is 19.6. The molecule has 1 heterocycles. The molecule has 4 nitrogen and oxygen atoms in total. The number of nitrogens with zero attached hydrogens (tertiary/aromatic N) is 1. The number of hydrogen-bond acceptors (Lipinski definition) is 4. The maximum absolute atomic E-state index is 13.7. The van der Waals surface area contributed by atoms with Gasteiger partial charge in [-0.2, -0.15) is 13.2 Å². The minimum absolute atomic E-state index is 0.118. The monoisotopic (exact) mass is 371 g/mol. The van der Waals surface area contributed by atoms with Crippen LogP contribution in [0.3, 0.4) is 0 Å². The molecule has 1 aliphatic carbocycles. The molecule has 146 valence electrons. The van der Waals surface area contributed by atoms with Gasteiger partial charge in [0.05, 0.1) is 0 Å². The van der Waals surface area contributed by atoms with Gasteiger partial charge >= 0.3 is 6.18 Å². The van der Waals surface area contributed by atoms with Gasteiger partial charge in [-0.3, -0.25) is 4.90 Å². The molecule has 3 unspecified atom stereocenters. The van der Waals surface area contributed by atoms with Crippen LogP contribution in [-0.4, -0.2) is 56.6 Å². The first-order valence-corrected chi connectivity index (χ1v) is 9.21. The van der Waals surface area contributed by atoms with Crippen LogP contribution >= 0.6 is 0 Å². The number of nitrogens with two attached hydrogens (primary N) is 1. The van der Waals surface area contributed by atoms with Crippen molar-refractivity contribution in [3.05, 3.63) is 35.9 Å². The van der Waals surface area contributed by atoms with Crippen LogP contribution in [0, 0.1) is 5.41 Å². The summed E-state index contributed by atoms with van der Waals surface area (Å²) in [6.45, 7) is 2.29. The molecule has 0 amide bonds. The smallest absolute Gasteiger partial charge is 0.357 e. The van der Waals surface area contributed by atoms with Crippen molar-refractivity contribution in [3.8, 4) is 0 Å². The minimum atomic E-state index is -4.43. The zero-order valence-corrected chi connectivity index (χ0v) is 15.1. The van der Waals surface area contributed by atoms with Crippen LogP contribution < -0.4 is 11.1 Å². The van der Waals surface area contributed by atoms with Crippen LogP contribution in [0.1, 0.15) is 30.7 Å². The number of hydrogen-bond donors (Lipinski definition) is 2. The SMILES string of the molecule is COC(N(CC1(CN)CCNCC1)C1CC1c1ccccc1)C(F)(F)F. The average Bonchev–Trinajstić information content (AvgIpc) is 3.42. The Morgan fingerprint density at radius 1 is 1.27 bits per heavy atom. The number of benzene rings is 1. The highest BCUT2D eigenvalue weighted by Gasteiger charge is 2.54. The quantitative estimate of drug-likeness (QED) is 0.724. The van der Waals surface area contributed by atoms with E-state index in [1.807, 2.05) is 30.3 Å². The molecule has 0 radical (unpaired) electrons. The lowest BCUT2D eigenvalue weighted by Crippen LogP contribution is -2.56. The molecule has 7 heteroatoms. The van der Waals surface area contributed by atoms with E-state index in [1.165, 1.54) is 4.90 Å². The molecule has 1 saturated heterocycles. The summed E-state index contributed by atoms with van der Waals surface area (Å²) in [6, 6.07) is 9.59. The van der Waals surface area contributed by atoms with Crippen LogP contribution in [0.4, 0.5) is 13.2 Å². The standard InChI is InChI=1S/C19H28F3N3O/c1-26-17(19(20,21)22)25(13-18(12-23)7-9-24-10-8-18)16-11-15(16)14-5-3-2-4-6-14/h2-6,15-17,24H,7-13,23H2,1H3. The van der Waals surface area contributed by atoms with E-state index in [-0.39, 0.29) is 17.4 Å². The van der Waals surface area contributed by atoms with Gasteiger partial charge in [0, 0.05) is 25.6 Å². The Bertz CT molecular complexity index is 575. The van der Waals surface area contributed by atoms with Gasteiger partial charge in [-0.1, -0.05) is 30.3 Å². The zero-order chi connectivity index (χ0) is 18.8. The van der Waals surface area contributed by atoms with Crippen LogP contribution in [0.2, 0.25) is 0 Å². The van der Waals surface area contributed by atoms with Gasteiger partial charge in [-0.15, -0.1) is 0 Å². The van der Waals surface area contributed by atoms with Crippen LogP contribution in [0.25, 0.3) is 0 Å². The fraction of sp³-hybridized carbons (Fsp3) is 0.684. The molecule has 2 aliphatic rings. The largest absolute Gasteiger partial charge is 0.428 e. The highest BCUT2D eigenvalue weighted by atomic mass is 19.4. The zero-order valence-electron chi connectivity index (χ0n) is 15.1. The topological polar surface area (TPSA) is 50.5 Å². The number of piperidine rings is 1. The van der Waals surface area contributed by atoms with E-state index in [0.717, 1.165) is 45.0 Å². The summed E-state index contributed by atoms with van der Waals surface area (Å²) in [4.78, 5) is 1.52. The molecule has 3 N–H and O–H groups in total. The third-order valence-corrected chi connectivity index (χ3v) is 5.83. The summed E-state index contributed by atoms with van der Waals surface area (Å²) >= 11 is 0. The summed E-state index contributed by atoms with van der Waals surface area (Å²) in [5.74, 6) is 0.118. The van der Waals surface area contributed by atoms with E-state index in [2.05, 4.69) is 5.32 Å². The van der Waals surface area contributed by atoms with Crippen molar-refractivity contribution in [1.29, 1.82) is 0 Å². The molecule has 0 aromatic heterocycles. The van der Waals surface area contributed by atoms with Crippen molar-refractivity contribution < 1.29 is 17.9 Å². The lowest BCUT2D eigenvalue weighted by Gasteiger charge is -2.43. The van der Waals surface area contributed by atoms with Crippen molar-refractivity contribution >= 4 is 0 Å². The third kappa shape index (κ3) is 4.22. The number of nitrogens with one attached hydrogen (secondary N) is 1. The Morgan fingerprint density at radius 2 is 1.92 bits per heavy atom. The van der Waals surface area contributed by atoms with E-state index in [4.69, 9.17) is 10.5 Å². The van der Waals surface area contributed by atoms with Crippen molar-refractivity contribution in [2.75, 3.05) is 33.3 Å². The number of ether oxygens (including phenoxy) is 1. The maximum Gasteiger partial charge on any atom is 0.428 e. The Morgan fingerprint density at radius 3 is 2.46 bits per heavy atom. The second-order valence-electron chi connectivity index (χ2n) is 7.58. The second kappa shape index (κ2) is 7.84. The van der Waals surface area contributed by atoms with Gasteiger partial charge in [0.15, 0.2) is 0 Å². The van der Waals surface area contributed by atoms with E-state index >= 15 is 0 Å². The lowest BCUT2D eigenvalue weighted by molar-refractivity contribution is -0.265. The fourth-order valence-electron chi connectivity index (χ4n) is 4.21. The van der Waals surface area contributed by atoms with Gasteiger partial charge in [0.1, 0.15) is 0 Å². The normalized spacial score (nSPS) is 26.7. The number of rotatable bonds is 7. The summed E-state index contributed by atoms with van der Waals surface area (Å²) in [5.41, 5.74) is 6.82. The van der Waals surface area contributed by atoms with Crippen molar-refractivity contribution in [2.24, 2.45) is 11.1 Å². The molecule has 26 heavy (non-hydrogen) atoms. The summed E-state index contributed by atoms with van der Waals surface area (Å²) < 4.78 is 45.9. The first-order valence-electron chi connectivity index (χ1n) is 9.21. The van der Waals surface area contributed by atoms with Crippen molar-refractivity contribution in [1.82, 2.24) is 10.2 Å². The minimum Gasteiger partial charge on any atom is -0.357 e. The Kier molecular flexibility index (Phi) is 5.91. The molecule has 1 aromatic carbocycles. The Labute approximate surface area is 152 Å². The summed E-state index contributed by atoms with van der Waals surface area (Å²) in [7, 11) is 1.14. The molecule has 1 aliphatic heterocycles. The molecule has 3 rings (SSSR count). The molecule has 1 aromatic rings. The van der Waals surface area contributed by atoms with Crippen LogP contribution in [0.5, 0.6) is 0 Å². The van der Waals surface area contributed by atoms with Gasteiger partial charge in [0.25, 0.3) is 0 Å². The Hall–Kier alpha value is -1.15. The van der Waals surface area contributed by atoms with Gasteiger partial charge in [-0.05, 0) is 49.9 Å². The van der Waals surface area contributed by atoms with E-state index in [1.54, 1.807) is 0 Å². The summed E-state index contributed by atoms with van der Waals surface area (Å²) in [5, 5.41) is 3.27. The number of alkyl halides is 3. The van der Waals surface area contributed by atoms with Gasteiger partial charge in [0.2, 0.25) is 6.23 Å².